The standard InChI is InChI=1S/C29H30O7/c1-28(2)35-24(19-32-27(31)20-11-5-3-6-12-20)26(36-28)25(30)22-15-9-10-16-23(22)29(33-17-18-34-29)21-13-7-4-8-14-21/h3-16,24-26,30H,17-19H2,1-2H3/t24-,25+,26-/m0/s1. The van der Waals surface area contributed by atoms with E-state index in [0.29, 0.717) is 29.9 Å². The maximum absolute atomic E-state index is 12.5. The molecule has 7 heteroatoms. The van der Waals surface area contributed by atoms with E-state index in [0.717, 1.165) is 5.56 Å². The molecule has 188 valence electrons. The van der Waals surface area contributed by atoms with Gasteiger partial charge in [-0.1, -0.05) is 72.8 Å². The van der Waals surface area contributed by atoms with Crippen molar-refractivity contribution < 1.29 is 33.6 Å². The summed E-state index contributed by atoms with van der Waals surface area (Å²) in [5.74, 6) is -2.58. The lowest BCUT2D eigenvalue weighted by molar-refractivity contribution is -0.158. The second-order valence-corrected chi connectivity index (χ2v) is 9.31. The first kappa shape index (κ1) is 24.6. The van der Waals surface area contributed by atoms with Crippen LogP contribution in [0.15, 0.2) is 84.9 Å². The van der Waals surface area contributed by atoms with E-state index in [1.165, 1.54) is 0 Å². The predicted molar refractivity (Wildman–Crippen MR) is 131 cm³/mol. The Morgan fingerprint density at radius 1 is 0.917 bits per heavy atom. The summed E-state index contributed by atoms with van der Waals surface area (Å²) in [5, 5.41) is 11.7. The summed E-state index contributed by atoms with van der Waals surface area (Å²) in [6.07, 6.45) is -2.58. The average Bonchev–Trinajstić information content (AvgIpc) is 3.53. The molecule has 2 aliphatic rings. The van der Waals surface area contributed by atoms with Gasteiger partial charge in [0.25, 0.3) is 0 Å². The summed E-state index contributed by atoms with van der Waals surface area (Å²) in [7, 11) is 0. The van der Waals surface area contributed by atoms with E-state index in [4.69, 9.17) is 23.7 Å². The summed E-state index contributed by atoms with van der Waals surface area (Å²) < 4.78 is 30.1. The number of hydrogen-bond acceptors (Lipinski definition) is 7. The first-order valence-corrected chi connectivity index (χ1v) is 12.1. The molecule has 0 bridgehead atoms. The predicted octanol–water partition coefficient (Wildman–Crippen LogP) is 4.35. The van der Waals surface area contributed by atoms with Crippen molar-refractivity contribution in [3.05, 3.63) is 107 Å². The summed E-state index contributed by atoms with van der Waals surface area (Å²) >= 11 is 0. The minimum atomic E-state index is -1.15. The van der Waals surface area contributed by atoms with Gasteiger partial charge in [-0.2, -0.15) is 0 Å². The van der Waals surface area contributed by atoms with Crippen molar-refractivity contribution >= 4 is 5.97 Å². The van der Waals surface area contributed by atoms with Crippen molar-refractivity contribution in [1.29, 1.82) is 0 Å². The van der Waals surface area contributed by atoms with E-state index in [1.807, 2.05) is 60.7 Å². The topological polar surface area (TPSA) is 83.5 Å². The van der Waals surface area contributed by atoms with Gasteiger partial charge in [-0.15, -0.1) is 0 Å². The summed E-state index contributed by atoms with van der Waals surface area (Å²) in [6.45, 7) is 4.32. The van der Waals surface area contributed by atoms with Gasteiger partial charge in [-0.3, -0.25) is 0 Å². The van der Waals surface area contributed by atoms with Crippen LogP contribution in [0.4, 0.5) is 0 Å². The molecule has 3 aromatic rings. The molecule has 0 aromatic heterocycles. The maximum atomic E-state index is 12.5. The van der Waals surface area contributed by atoms with Crippen molar-refractivity contribution in [2.45, 2.75) is 43.7 Å². The van der Waals surface area contributed by atoms with Crippen LogP contribution < -0.4 is 0 Å². The number of carbonyl (C=O) groups excluding carboxylic acids is 1. The Morgan fingerprint density at radius 2 is 1.53 bits per heavy atom. The largest absolute Gasteiger partial charge is 0.459 e. The molecule has 0 spiro atoms. The number of ether oxygens (including phenoxy) is 5. The van der Waals surface area contributed by atoms with Gasteiger partial charge in [0, 0.05) is 11.1 Å². The second-order valence-electron chi connectivity index (χ2n) is 9.31. The number of aliphatic hydroxyl groups is 1. The third-order valence-corrected chi connectivity index (χ3v) is 6.40. The number of esters is 1. The fourth-order valence-electron chi connectivity index (χ4n) is 4.85. The molecule has 5 rings (SSSR count). The van der Waals surface area contributed by atoms with Crippen LogP contribution in [0.1, 0.15) is 47.0 Å². The van der Waals surface area contributed by atoms with Gasteiger partial charge in [0.15, 0.2) is 5.79 Å². The summed E-state index contributed by atoms with van der Waals surface area (Å²) in [4.78, 5) is 12.5. The zero-order valence-electron chi connectivity index (χ0n) is 20.3. The molecule has 2 saturated heterocycles. The van der Waals surface area contributed by atoms with Crippen molar-refractivity contribution in [1.82, 2.24) is 0 Å². The molecule has 2 heterocycles. The summed E-state index contributed by atoms with van der Waals surface area (Å²) in [5.41, 5.74) is 2.56. The van der Waals surface area contributed by atoms with Gasteiger partial charge in [-0.25, -0.2) is 4.79 Å². The van der Waals surface area contributed by atoms with E-state index in [-0.39, 0.29) is 6.61 Å². The maximum Gasteiger partial charge on any atom is 0.338 e. The smallest absolute Gasteiger partial charge is 0.338 e. The molecular weight excluding hydrogens is 460 g/mol. The quantitative estimate of drug-likeness (QED) is 0.493. The van der Waals surface area contributed by atoms with Crippen LogP contribution in [0.25, 0.3) is 0 Å². The van der Waals surface area contributed by atoms with Crippen molar-refractivity contribution in [3.8, 4) is 0 Å². The van der Waals surface area contributed by atoms with Crippen LogP contribution in [0.2, 0.25) is 0 Å². The minimum Gasteiger partial charge on any atom is -0.459 e. The second kappa shape index (κ2) is 10.1. The molecule has 7 nitrogen and oxygen atoms in total. The number of rotatable bonds is 7. The molecule has 3 atom stereocenters. The van der Waals surface area contributed by atoms with Gasteiger partial charge in [0.1, 0.15) is 24.9 Å². The van der Waals surface area contributed by atoms with E-state index >= 15 is 0 Å². The number of benzene rings is 3. The van der Waals surface area contributed by atoms with E-state index in [2.05, 4.69) is 0 Å². The van der Waals surface area contributed by atoms with E-state index in [9.17, 15) is 9.90 Å². The molecule has 3 aromatic carbocycles. The summed E-state index contributed by atoms with van der Waals surface area (Å²) in [6, 6.07) is 25.9. The Morgan fingerprint density at radius 3 is 2.22 bits per heavy atom. The van der Waals surface area contributed by atoms with Crippen molar-refractivity contribution in [2.24, 2.45) is 0 Å². The zero-order valence-corrected chi connectivity index (χ0v) is 20.3. The first-order chi connectivity index (χ1) is 17.4. The van der Waals surface area contributed by atoms with Gasteiger partial charge in [-0.05, 0) is 31.5 Å². The Balaban J connectivity index is 1.43. The Kier molecular flexibility index (Phi) is 6.92. The molecule has 0 radical (unpaired) electrons. The number of hydrogen-bond donors (Lipinski definition) is 1. The fourth-order valence-corrected chi connectivity index (χ4v) is 4.85. The first-order valence-electron chi connectivity index (χ1n) is 12.1. The van der Waals surface area contributed by atoms with Crippen LogP contribution in [-0.2, 0) is 29.5 Å². The lowest BCUT2D eigenvalue weighted by Gasteiger charge is -2.33. The van der Waals surface area contributed by atoms with E-state index in [1.54, 1.807) is 38.1 Å². The molecular formula is C29H30O7. The Labute approximate surface area is 210 Å². The molecule has 0 amide bonds. The van der Waals surface area contributed by atoms with Gasteiger partial charge in [0.2, 0.25) is 5.79 Å². The minimum absolute atomic E-state index is 0.0715. The van der Waals surface area contributed by atoms with E-state index < -0.39 is 35.9 Å². The van der Waals surface area contributed by atoms with Crippen LogP contribution >= 0.6 is 0 Å². The van der Waals surface area contributed by atoms with Crippen molar-refractivity contribution in [3.63, 3.8) is 0 Å². The molecule has 36 heavy (non-hydrogen) atoms. The molecule has 2 fully saturated rings. The third-order valence-electron chi connectivity index (χ3n) is 6.40. The van der Waals surface area contributed by atoms with Crippen LogP contribution in [0.5, 0.6) is 0 Å². The van der Waals surface area contributed by atoms with Gasteiger partial charge in [0.05, 0.1) is 18.8 Å². The molecule has 0 aliphatic carbocycles. The van der Waals surface area contributed by atoms with Crippen LogP contribution in [0.3, 0.4) is 0 Å². The molecule has 0 unspecified atom stereocenters. The number of carbonyl (C=O) groups is 1. The van der Waals surface area contributed by atoms with Gasteiger partial charge >= 0.3 is 5.97 Å². The number of aliphatic hydroxyl groups excluding tert-OH is 1. The lowest BCUT2D eigenvalue weighted by atomic mass is 9.88. The highest BCUT2D eigenvalue weighted by atomic mass is 16.8. The van der Waals surface area contributed by atoms with Crippen LogP contribution in [-0.4, -0.2) is 48.9 Å². The zero-order chi connectivity index (χ0) is 25.2. The molecule has 2 aliphatic heterocycles. The normalized spacial score (nSPS) is 23.3. The molecule has 1 N–H and O–H groups in total. The van der Waals surface area contributed by atoms with Gasteiger partial charge < -0.3 is 28.8 Å². The highest BCUT2D eigenvalue weighted by Crippen LogP contribution is 2.44. The average molecular weight is 491 g/mol. The van der Waals surface area contributed by atoms with Crippen molar-refractivity contribution in [2.75, 3.05) is 19.8 Å². The monoisotopic (exact) mass is 490 g/mol. The molecule has 0 saturated carbocycles. The fraction of sp³-hybridized carbons (Fsp3) is 0.345. The van der Waals surface area contributed by atoms with Crippen LogP contribution in [0, 0.1) is 0 Å². The highest BCUT2D eigenvalue weighted by Gasteiger charge is 2.49. The Hall–Kier alpha value is -3.07. The SMILES string of the molecule is CC1(C)O[C@H]([C@H](O)c2ccccc2C2(c3ccccc3)OCCO2)[C@H](COC(=O)c2ccccc2)O1. The highest BCUT2D eigenvalue weighted by molar-refractivity contribution is 5.89. The lowest BCUT2D eigenvalue weighted by Crippen LogP contribution is -2.36. The third kappa shape index (κ3) is 4.81. The Bertz CT molecular complexity index is 1170.